The molecule has 16 heavy (non-hydrogen) atoms. The summed E-state index contributed by atoms with van der Waals surface area (Å²) in [7, 11) is 0. The highest BCUT2D eigenvalue weighted by molar-refractivity contribution is 5.44. The molecule has 1 aromatic carbocycles. The van der Waals surface area contributed by atoms with Crippen molar-refractivity contribution < 1.29 is 4.39 Å². The monoisotopic (exact) mass is 214 g/mol. The van der Waals surface area contributed by atoms with Gasteiger partial charge < -0.3 is 0 Å². The van der Waals surface area contributed by atoms with Crippen LogP contribution in [0, 0.1) is 32.0 Å². The molecule has 0 saturated carbocycles. The summed E-state index contributed by atoms with van der Waals surface area (Å²) in [5, 5.41) is 4.33. The smallest absolute Gasteiger partial charge is 0.123 e. The first kappa shape index (κ1) is 10.4. The minimum absolute atomic E-state index is 0.262. The third-order valence-corrected chi connectivity index (χ3v) is 2.51. The molecular weight excluding hydrogens is 203 g/mol. The molecule has 0 aliphatic carbocycles. The van der Waals surface area contributed by atoms with Crippen LogP contribution in [0.3, 0.4) is 0 Å². The van der Waals surface area contributed by atoms with E-state index in [-0.39, 0.29) is 5.82 Å². The van der Waals surface area contributed by atoms with Crippen LogP contribution < -0.4 is 0 Å². The van der Waals surface area contributed by atoms with E-state index in [4.69, 9.17) is 6.42 Å². The van der Waals surface area contributed by atoms with Gasteiger partial charge in [-0.3, -0.25) is 0 Å². The Labute approximate surface area is 93.7 Å². The summed E-state index contributed by atoms with van der Waals surface area (Å²) in [5.41, 5.74) is 3.31. The number of halogens is 1. The molecule has 0 N–H and O–H groups in total. The van der Waals surface area contributed by atoms with Crippen LogP contribution in [0.4, 0.5) is 4.39 Å². The molecular formula is C13H11FN2. The highest BCUT2D eigenvalue weighted by Gasteiger charge is 2.10. The fraction of sp³-hybridized carbons (Fsp3) is 0.154. The van der Waals surface area contributed by atoms with Crippen molar-refractivity contribution >= 4 is 0 Å². The Morgan fingerprint density at radius 1 is 1.25 bits per heavy atom. The molecule has 0 spiro atoms. The van der Waals surface area contributed by atoms with E-state index in [0.717, 1.165) is 22.6 Å². The Balaban J connectivity index is 2.58. The lowest BCUT2D eigenvalue weighted by atomic mass is 10.2. The molecule has 0 aliphatic heterocycles. The van der Waals surface area contributed by atoms with Crippen LogP contribution in [0.5, 0.6) is 0 Å². The molecule has 0 amide bonds. The minimum Gasteiger partial charge on any atom is -0.237 e. The zero-order chi connectivity index (χ0) is 11.7. The van der Waals surface area contributed by atoms with Crippen LogP contribution in [-0.4, -0.2) is 9.78 Å². The van der Waals surface area contributed by atoms with Gasteiger partial charge in [0, 0.05) is 0 Å². The van der Waals surface area contributed by atoms with Crippen molar-refractivity contribution in [2.24, 2.45) is 0 Å². The first-order valence-electron chi connectivity index (χ1n) is 4.92. The fourth-order valence-electron chi connectivity index (χ4n) is 1.69. The van der Waals surface area contributed by atoms with Crippen molar-refractivity contribution in [3.8, 4) is 18.0 Å². The summed E-state index contributed by atoms with van der Waals surface area (Å²) >= 11 is 0. The summed E-state index contributed by atoms with van der Waals surface area (Å²) in [6, 6.07) is 6.16. The molecule has 80 valence electrons. The second kappa shape index (κ2) is 3.82. The number of terminal acetylenes is 1. The number of hydrogen-bond acceptors (Lipinski definition) is 1. The van der Waals surface area contributed by atoms with Gasteiger partial charge in [-0.2, -0.15) is 5.10 Å². The molecule has 0 saturated heterocycles. The summed E-state index contributed by atoms with van der Waals surface area (Å²) in [5.74, 6) is 2.35. The fourth-order valence-corrected chi connectivity index (χ4v) is 1.69. The van der Waals surface area contributed by atoms with E-state index >= 15 is 0 Å². The molecule has 1 aromatic heterocycles. The van der Waals surface area contributed by atoms with E-state index in [1.807, 2.05) is 13.8 Å². The van der Waals surface area contributed by atoms with Crippen LogP contribution in [0.15, 0.2) is 24.3 Å². The Kier molecular flexibility index (Phi) is 2.49. The lowest BCUT2D eigenvalue weighted by Gasteiger charge is -2.03. The molecule has 2 nitrogen and oxygen atoms in total. The minimum atomic E-state index is -0.262. The summed E-state index contributed by atoms with van der Waals surface area (Å²) in [4.78, 5) is 0. The Morgan fingerprint density at radius 3 is 2.38 bits per heavy atom. The van der Waals surface area contributed by atoms with Gasteiger partial charge in [-0.1, -0.05) is 5.92 Å². The molecule has 0 bridgehead atoms. The Hall–Kier alpha value is -2.08. The summed E-state index contributed by atoms with van der Waals surface area (Å²) in [6.07, 6.45) is 5.40. The standard InChI is InChI=1S/C13H11FN2/c1-4-13-9(2)15-16(10(13)3)12-7-5-11(14)6-8-12/h1,5-8H,2-3H3. The number of aromatic nitrogens is 2. The average molecular weight is 214 g/mol. The highest BCUT2D eigenvalue weighted by Crippen LogP contribution is 2.17. The molecule has 2 aromatic rings. The third-order valence-electron chi connectivity index (χ3n) is 2.51. The van der Waals surface area contributed by atoms with Crippen LogP contribution in [-0.2, 0) is 0 Å². The third kappa shape index (κ3) is 1.59. The summed E-state index contributed by atoms with van der Waals surface area (Å²) in [6.45, 7) is 3.76. The zero-order valence-corrected chi connectivity index (χ0v) is 9.16. The zero-order valence-electron chi connectivity index (χ0n) is 9.16. The van der Waals surface area contributed by atoms with E-state index in [1.54, 1.807) is 16.8 Å². The van der Waals surface area contributed by atoms with E-state index in [1.165, 1.54) is 12.1 Å². The molecule has 3 heteroatoms. The predicted octanol–water partition coefficient (Wildman–Crippen LogP) is 2.61. The van der Waals surface area contributed by atoms with Gasteiger partial charge in [0.1, 0.15) is 5.82 Å². The summed E-state index contributed by atoms with van der Waals surface area (Å²) < 4.78 is 14.5. The molecule has 0 radical (unpaired) electrons. The van der Waals surface area contributed by atoms with Gasteiger partial charge in [0.15, 0.2) is 0 Å². The van der Waals surface area contributed by atoms with Crippen LogP contribution in [0.25, 0.3) is 5.69 Å². The average Bonchev–Trinajstić information content (AvgIpc) is 2.55. The van der Waals surface area contributed by atoms with Gasteiger partial charge in [-0.15, -0.1) is 6.42 Å². The maximum Gasteiger partial charge on any atom is 0.123 e. The lowest BCUT2D eigenvalue weighted by molar-refractivity contribution is 0.627. The molecule has 1 heterocycles. The predicted molar refractivity (Wildman–Crippen MR) is 60.9 cm³/mol. The second-order valence-electron chi connectivity index (χ2n) is 3.58. The number of rotatable bonds is 1. The normalized spacial score (nSPS) is 10.1. The number of hydrogen-bond donors (Lipinski definition) is 0. The number of benzene rings is 1. The van der Waals surface area contributed by atoms with Gasteiger partial charge >= 0.3 is 0 Å². The van der Waals surface area contributed by atoms with Gasteiger partial charge in [0.2, 0.25) is 0 Å². The molecule has 2 rings (SSSR count). The van der Waals surface area contributed by atoms with Crippen molar-refractivity contribution in [2.75, 3.05) is 0 Å². The van der Waals surface area contributed by atoms with Crippen LogP contribution in [0.2, 0.25) is 0 Å². The lowest BCUT2D eigenvalue weighted by Crippen LogP contribution is -1.99. The van der Waals surface area contributed by atoms with E-state index in [0.29, 0.717) is 0 Å². The number of aryl methyl sites for hydroxylation is 1. The van der Waals surface area contributed by atoms with E-state index in [2.05, 4.69) is 11.0 Å². The maximum atomic E-state index is 12.8. The Bertz CT molecular complexity index is 559. The second-order valence-corrected chi connectivity index (χ2v) is 3.58. The largest absolute Gasteiger partial charge is 0.237 e. The topological polar surface area (TPSA) is 17.8 Å². The van der Waals surface area contributed by atoms with Crippen molar-refractivity contribution in [2.45, 2.75) is 13.8 Å². The van der Waals surface area contributed by atoms with Crippen molar-refractivity contribution in [1.82, 2.24) is 9.78 Å². The molecule has 0 aliphatic rings. The Morgan fingerprint density at radius 2 is 1.88 bits per heavy atom. The quantitative estimate of drug-likeness (QED) is 0.667. The van der Waals surface area contributed by atoms with E-state index < -0.39 is 0 Å². The van der Waals surface area contributed by atoms with Gasteiger partial charge in [-0.25, -0.2) is 9.07 Å². The first-order chi connectivity index (χ1) is 7.63. The van der Waals surface area contributed by atoms with E-state index in [9.17, 15) is 4.39 Å². The first-order valence-corrected chi connectivity index (χ1v) is 4.92. The van der Waals surface area contributed by atoms with Crippen molar-refractivity contribution in [3.05, 3.63) is 47.0 Å². The number of nitrogens with zero attached hydrogens (tertiary/aromatic N) is 2. The molecule has 0 atom stereocenters. The molecule has 0 fully saturated rings. The van der Waals surface area contributed by atoms with Gasteiger partial charge in [0.05, 0.1) is 22.6 Å². The van der Waals surface area contributed by atoms with Crippen LogP contribution >= 0.6 is 0 Å². The van der Waals surface area contributed by atoms with Gasteiger partial charge in [-0.05, 0) is 38.1 Å². The SMILES string of the molecule is C#Cc1c(C)nn(-c2ccc(F)cc2)c1C. The molecule has 0 unspecified atom stereocenters. The highest BCUT2D eigenvalue weighted by atomic mass is 19.1. The van der Waals surface area contributed by atoms with Crippen molar-refractivity contribution in [1.29, 1.82) is 0 Å². The van der Waals surface area contributed by atoms with Gasteiger partial charge in [0.25, 0.3) is 0 Å². The van der Waals surface area contributed by atoms with Crippen molar-refractivity contribution in [3.63, 3.8) is 0 Å². The maximum absolute atomic E-state index is 12.8. The van der Waals surface area contributed by atoms with Crippen LogP contribution in [0.1, 0.15) is 17.0 Å².